The summed E-state index contributed by atoms with van der Waals surface area (Å²) in [4.78, 5) is 25.8. The lowest BCUT2D eigenvalue weighted by Crippen LogP contribution is -2.49. The van der Waals surface area contributed by atoms with Gasteiger partial charge in [0.25, 0.3) is 0 Å². The van der Waals surface area contributed by atoms with Gasteiger partial charge in [-0.15, -0.1) is 0 Å². The molecule has 0 saturated carbocycles. The zero-order valence-electron chi connectivity index (χ0n) is 18.9. The molecule has 1 aliphatic carbocycles. The predicted octanol–water partition coefficient (Wildman–Crippen LogP) is 2.79. The second kappa shape index (κ2) is 10.1. The molecule has 1 aliphatic heterocycles. The molecule has 2 aliphatic rings. The standard InChI is InChI=1S/C25H31N3O4S/c1-18(24(29)27-23-13-7-9-19-8-5-6-12-22(19)23)26-25(30)20-14-16-28(17-15-20)33(31,32)21-10-3-2-4-11-21/h2-6,8,10-12,18,20,23H,7,9,13-17H2,1H3,(H,26,30)(H,27,29)/t18-,23?/m0/s1. The van der Waals surface area contributed by atoms with Crippen LogP contribution in [0.15, 0.2) is 59.5 Å². The number of nitrogens with one attached hydrogen (secondary N) is 2. The van der Waals surface area contributed by atoms with E-state index in [4.69, 9.17) is 0 Å². The Labute approximate surface area is 195 Å². The number of fused-ring (bicyclic) bond motifs is 1. The molecular formula is C25H31N3O4S. The maximum atomic E-state index is 12.8. The first kappa shape index (κ1) is 23.4. The molecule has 1 saturated heterocycles. The molecule has 2 N–H and O–H groups in total. The smallest absolute Gasteiger partial charge is 0.243 e. The highest BCUT2D eigenvalue weighted by Gasteiger charge is 2.33. The first-order valence-corrected chi connectivity index (χ1v) is 13.0. The highest BCUT2D eigenvalue weighted by molar-refractivity contribution is 7.89. The Morgan fingerprint density at radius 1 is 0.970 bits per heavy atom. The molecule has 0 bridgehead atoms. The molecule has 4 rings (SSSR count). The molecule has 0 radical (unpaired) electrons. The third kappa shape index (κ3) is 5.28. The number of amides is 2. The minimum absolute atomic E-state index is 0.0340. The molecule has 8 heteroatoms. The Morgan fingerprint density at radius 3 is 2.36 bits per heavy atom. The van der Waals surface area contributed by atoms with Crippen molar-refractivity contribution in [1.29, 1.82) is 0 Å². The van der Waals surface area contributed by atoms with Crippen LogP contribution in [0, 0.1) is 5.92 Å². The van der Waals surface area contributed by atoms with Gasteiger partial charge < -0.3 is 10.6 Å². The highest BCUT2D eigenvalue weighted by Crippen LogP contribution is 2.29. The number of sulfonamides is 1. The fourth-order valence-electron chi connectivity index (χ4n) is 4.70. The van der Waals surface area contributed by atoms with Crippen molar-refractivity contribution in [1.82, 2.24) is 14.9 Å². The second-order valence-corrected chi connectivity index (χ2v) is 10.8. The Kier molecular flexibility index (Phi) is 7.14. The predicted molar refractivity (Wildman–Crippen MR) is 126 cm³/mol. The van der Waals surface area contributed by atoms with Gasteiger partial charge in [0.05, 0.1) is 10.9 Å². The SMILES string of the molecule is C[C@H](NC(=O)C1CCN(S(=O)(=O)c2ccccc2)CC1)C(=O)NC1CCCc2ccccc21. The van der Waals surface area contributed by atoms with Crippen LogP contribution in [0.25, 0.3) is 0 Å². The summed E-state index contributed by atoms with van der Waals surface area (Å²) in [5, 5.41) is 5.92. The van der Waals surface area contributed by atoms with Crippen molar-refractivity contribution in [3.05, 3.63) is 65.7 Å². The summed E-state index contributed by atoms with van der Waals surface area (Å²) in [6, 6.07) is 15.8. The van der Waals surface area contributed by atoms with Gasteiger partial charge in [-0.25, -0.2) is 8.42 Å². The summed E-state index contributed by atoms with van der Waals surface area (Å²) in [6.45, 7) is 2.26. The fraction of sp³-hybridized carbons (Fsp3) is 0.440. The average molecular weight is 470 g/mol. The largest absolute Gasteiger partial charge is 0.348 e. The zero-order chi connectivity index (χ0) is 23.4. The van der Waals surface area contributed by atoms with Crippen LogP contribution >= 0.6 is 0 Å². The van der Waals surface area contributed by atoms with Gasteiger partial charge >= 0.3 is 0 Å². The van der Waals surface area contributed by atoms with Gasteiger partial charge in [0.15, 0.2) is 0 Å². The van der Waals surface area contributed by atoms with Crippen LogP contribution in [0.5, 0.6) is 0 Å². The molecule has 1 heterocycles. The molecule has 1 fully saturated rings. The molecule has 176 valence electrons. The van der Waals surface area contributed by atoms with E-state index >= 15 is 0 Å². The van der Waals surface area contributed by atoms with Crippen LogP contribution in [0.2, 0.25) is 0 Å². The lowest BCUT2D eigenvalue weighted by Gasteiger charge is -2.31. The van der Waals surface area contributed by atoms with E-state index in [-0.39, 0.29) is 41.8 Å². The topological polar surface area (TPSA) is 95.6 Å². The van der Waals surface area contributed by atoms with Crippen molar-refractivity contribution in [2.45, 2.75) is 56.0 Å². The lowest BCUT2D eigenvalue weighted by atomic mass is 9.87. The van der Waals surface area contributed by atoms with Crippen LogP contribution in [-0.4, -0.2) is 43.7 Å². The van der Waals surface area contributed by atoms with Gasteiger partial charge in [-0.2, -0.15) is 4.31 Å². The van der Waals surface area contributed by atoms with E-state index in [1.165, 1.54) is 9.87 Å². The van der Waals surface area contributed by atoms with Crippen molar-refractivity contribution in [3.8, 4) is 0 Å². The van der Waals surface area contributed by atoms with E-state index in [0.29, 0.717) is 12.8 Å². The van der Waals surface area contributed by atoms with Crippen molar-refractivity contribution >= 4 is 21.8 Å². The first-order chi connectivity index (χ1) is 15.9. The van der Waals surface area contributed by atoms with E-state index in [0.717, 1.165) is 24.8 Å². The number of carbonyl (C=O) groups excluding carboxylic acids is 2. The van der Waals surface area contributed by atoms with Crippen molar-refractivity contribution in [2.75, 3.05) is 13.1 Å². The Hall–Kier alpha value is -2.71. The summed E-state index contributed by atoms with van der Waals surface area (Å²) in [7, 11) is -3.55. The van der Waals surface area contributed by atoms with E-state index in [2.05, 4.69) is 22.8 Å². The third-order valence-electron chi connectivity index (χ3n) is 6.64. The Balaban J connectivity index is 1.29. The van der Waals surface area contributed by atoms with Gasteiger partial charge in [0.2, 0.25) is 21.8 Å². The highest BCUT2D eigenvalue weighted by atomic mass is 32.2. The van der Waals surface area contributed by atoms with Crippen LogP contribution in [-0.2, 0) is 26.0 Å². The van der Waals surface area contributed by atoms with Crippen molar-refractivity contribution < 1.29 is 18.0 Å². The molecule has 33 heavy (non-hydrogen) atoms. The molecule has 0 aromatic heterocycles. The number of nitrogens with zero attached hydrogens (tertiary/aromatic N) is 1. The van der Waals surface area contributed by atoms with Crippen LogP contribution in [0.4, 0.5) is 0 Å². The number of hydrogen-bond acceptors (Lipinski definition) is 4. The molecule has 2 aromatic rings. The minimum Gasteiger partial charge on any atom is -0.348 e. The first-order valence-electron chi connectivity index (χ1n) is 11.6. The molecule has 2 atom stereocenters. The molecule has 1 unspecified atom stereocenters. The van der Waals surface area contributed by atoms with E-state index in [1.807, 2.05) is 12.1 Å². The van der Waals surface area contributed by atoms with Gasteiger partial charge in [0, 0.05) is 19.0 Å². The van der Waals surface area contributed by atoms with E-state index < -0.39 is 16.1 Å². The Morgan fingerprint density at radius 2 is 1.64 bits per heavy atom. The number of hydrogen-bond donors (Lipinski definition) is 2. The van der Waals surface area contributed by atoms with Gasteiger partial charge in [0.1, 0.15) is 6.04 Å². The molecule has 2 aromatic carbocycles. The Bertz CT molecular complexity index is 1100. The summed E-state index contributed by atoms with van der Waals surface area (Å²) in [6.07, 6.45) is 3.79. The normalized spacial score (nSPS) is 20.5. The average Bonchev–Trinajstić information content (AvgIpc) is 2.84. The van der Waals surface area contributed by atoms with Gasteiger partial charge in [-0.1, -0.05) is 42.5 Å². The lowest BCUT2D eigenvalue weighted by molar-refractivity contribution is -0.131. The zero-order valence-corrected chi connectivity index (χ0v) is 19.7. The number of aryl methyl sites for hydroxylation is 1. The molecular weight excluding hydrogens is 438 g/mol. The summed E-state index contributed by atoms with van der Waals surface area (Å²) < 4.78 is 27.0. The minimum atomic E-state index is -3.55. The number of rotatable bonds is 6. The van der Waals surface area contributed by atoms with Crippen molar-refractivity contribution in [2.24, 2.45) is 5.92 Å². The van der Waals surface area contributed by atoms with E-state index in [1.54, 1.807) is 37.3 Å². The van der Waals surface area contributed by atoms with Crippen LogP contribution in [0.1, 0.15) is 49.8 Å². The number of benzene rings is 2. The third-order valence-corrected chi connectivity index (χ3v) is 8.56. The fourth-order valence-corrected chi connectivity index (χ4v) is 6.19. The van der Waals surface area contributed by atoms with Gasteiger partial charge in [-0.05, 0) is 62.3 Å². The quantitative estimate of drug-likeness (QED) is 0.680. The van der Waals surface area contributed by atoms with Gasteiger partial charge in [-0.3, -0.25) is 9.59 Å². The number of piperidine rings is 1. The monoisotopic (exact) mass is 469 g/mol. The molecule has 7 nitrogen and oxygen atoms in total. The maximum absolute atomic E-state index is 12.8. The van der Waals surface area contributed by atoms with Crippen LogP contribution < -0.4 is 10.6 Å². The van der Waals surface area contributed by atoms with Crippen LogP contribution in [0.3, 0.4) is 0 Å². The summed E-state index contributed by atoms with van der Waals surface area (Å²) >= 11 is 0. The van der Waals surface area contributed by atoms with E-state index in [9.17, 15) is 18.0 Å². The second-order valence-electron chi connectivity index (χ2n) is 8.87. The number of carbonyl (C=O) groups is 2. The van der Waals surface area contributed by atoms with Crippen molar-refractivity contribution in [3.63, 3.8) is 0 Å². The summed E-state index contributed by atoms with van der Waals surface area (Å²) in [5.74, 6) is -0.703. The maximum Gasteiger partial charge on any atom is 0.243 e. The molecule has 2 amide bonds. The summed E-state index contributed by atoms with van der Waals surface area (Å²) in [5.41, 5.74) is 2.42. The molecule has 0 spiro atoms.